The van der Waals surface area contributed by atoms with E-state index in [0.29, 0.717) is 34.4 Å². The number of carboxylic acid groups (broad SMARTS) is 1. The smallest absolute Gasteiger partial charge is 0.347 e. The molecule has 8 aromatic rings. The van der Waals surface area contributed by atoms with Crippen LogP contribution in [-0.4, -0.2) is 61.8 Å². The summed E-state index contributed by atoms with van der Waals surface area (Å²) < 4.78 is 0. The minimum absolute atomic E-state index is 0.00979. The van der Waals surface area contributed by atoms with Crippen molar-refractivity contribution in [1.82, 2.24) is 50.1 Å². The second-order valence-electron chi connectivity index (χ2n) is 13.7. The van der Waals surface area contributed by atoms with E-state index in [4.69, 9.17) is 5.11 Å². The first-order valence-electron chi connectivity index (χ1n) is 18.6. The summed E-state index contributed by atoms with van der Waals surface area (Å²) >= 11 is 2.65. The van der Waals surface area contributed by atoms with Crippen LogP contribution in [0.25, 0.3) is 21.8 Å². The number of carbonyl (C=O) groups is 2. The lowest BCUT2D eigenvalue weighted by Crippen LogP contribution is -2.25. The first-order chi connectivity index (χ1) is 28.6. The lowest BCUT2D eigenvalue weighted by atomic mass is 10.2. The van der Waals surface area contributed by atoms with Crippen molar-refractivity contribution in [3.8, 4) is 0 Å². The molecule has 0 aliphatic carbocycles. The van der Waals surface area contributed by atoms with E-state index in [0.717, 1.165) is 90.3 Å². The Hall–Kier alpha value is -6.82. The number of aryl methyl sites for hydroxylation is 4. The summed E-state index contributed by atoms with van der Waals surface area (Å²) in [7, 11) is 0. The highest BCUT2D eigenvalue weighted by Gasteiger charge is 2.30. The van der Waals surface area contributed by atoms with Gasteiger partial charge in [0, 0.05) is 35.0 Å². The van der Waals surface area contributed by atoms with Gasteiger partial charge in [0.1, 0.15) is 34.0 Å². The fourth-order valence-corrected chi connectivity index (χ4v) is 8.43. The zero-order chi connectivity index (χ0) is 41.0. The Bertz CT molecular complexity index is 2860. The Balaban J connectivity index is 0.000000139. The standard InChI is InChI=1S/C21H18N6OS.C15H13N5.C6H7NO2S/c1-12-19(29-13(2)25-12)21(28)27-9-16-18(10-27)23-11-24-20(16)26-15-7-14-5-3-4-6-17(14)22-8-15;1-2-4-13-10(3-1)5-11(6-17-13)20-15-12-7-16-8-14(12)18-9-19-15;1-3-5(6(8)9)10-4(2)7-3/h3-8,11H,9-10H2,1-2H3,(H,23,24,26);1-6,9,16H,7-8H2,(H,18,19,20);1-2H3,(H,8,9). The zero-order valence-electron chi connectivity index (χ0n) is 32.5. The summed E-state index contributed by atoms with van der Waals surface area (Å²) in [6, 6.07) is 20.2. The van der Waals surface area contributed by atoms with Crippen LogP contribution in [-0.2, 0) is 26.2 Å². The molecule has 296 valence electrons. The maximum Gasteiger partial charge on any atom is 0.347 e. The average molecular weight is 823 g/mol. The maximum atomic E-state index is 13.0. The molecule has 0 atom stereocenters. The minimum atomic E-state index is -0.886. The first kappa shape index (κ1) is 39.0. The Kier molecular flexibility index (Phi) is 11.2. The molecule has 6 aromatic heterocycles. The van der Waals surface area contributed by atoms with Crippen LogP contribution in [0, 0.1) is 27.7 Å². The van der Waals surface area contributed by atoms with Gasteiger partial charge in [-0.3, -0.25) is 14.8 Å². The number of hydrogen-bond acceptors (Lipinski definition) is 15. The molecule has 0 spiro atoms. The van der Waals surface area contributed by atoms with Crippen LogP contribution in [0.3, 0.4) is 0 Å². The van der Waals surface area contributed by atoms with Gasteiger partial charge < -0.3 is 26.0 Å². The van der Waals surface area contributed by atoms with E-state index in [9.17, 15) is 9.59 Å². The van der Waals surface area contributed by atoms with E-state index >= 15 is 0 Å². The lowest BCUT2D eigenvalue weighted by molar-refractivity contribution is 0.0699. The molecule has 15 nitrogen and oxygen atoms in total. The number of nitrogens with zero attached hydrogens (tertiary/aromatic N) is 9. The summed E-state index contributed by atoms with van der Waals surface area (Å²) in [6.45, 7) is 9.84. The van der Waals surface area contributed by atoms with Gasteiger partial charge in [0.25, 0.3) is 5.91 Å². The first-order valence-corrected chi connectivity index (χ1v) is 20.2. The zero-order valence-corrected chi connectivity index (χ0v) is 34.1. The van der Waals surface area contributed by atoms with E-state index in [1.165, 1.54) is 29.0 Å². The maximum absolute atomic E-state index is 13.0. The number of carboxylic acids is 1. The number of anilines is 4. The van der Waals surface area contributed by atoms with Crippen molar-refractivity contribution in [3.63, 3.8) is 0 Å². The van der Waals surface area contributed by atoms with Crippen molar-refractivity contribution < 1.29 is 14.7 Å². The third-order valence-electron chi connectivity index (χ3n) is 9.54. The predicted molar refractivity (Wildman–Crippen MR) is 228 cm³/mol. The summed E-state index contributed by atoms with van der Waals surface area (Å²) in [6.07, 6.45) is 6.76. The van der Waals surface area contributed by atoms with E-state index in [1.54, 1.807) is 31.3 Å². The van der Waals surface area contributed by atoms with Crippen LogP contribution < -0.4 is 16.0 Å². The van der Waals surface area contributed by atoms with Gasteiger partial charge in [-0.05, 0) is 52.0 Å². The van der Waals surface area contributed by atoms with Crippen LogP contribution in [0.1, 0.15) is 63.3 Å². The van der Waals surface area contributed by atoms with E-state index in [-0.39, 0.29) is 5.91 Å². The third-order valence-corrected chi connectivity index (χ3v) is 11.7. The molecule has 0 bridgehead atoms. The quantitative estimate of drug-likeness (QED) is 0.127. The molecule has 4 N–H and O–H groups in total. The molecule has 2 aliphatic heterocycles. The number of thiazole rings is 2. The van der Waals surface area contributed by atoms with Gasteiger partial charge in [0.05, 0.1) is 80.7 Å². The highest BCUT2D eigenvalue weighted by molar-refractivity contribution is 7.14. The van der Waals surface area contributed by atoms with Crippen molar-refractivity contribution >= 4 is 79.4 Å². The average Bonchev–Trinajstić information content (AvgIpc) is 4.04. The monoisotopic (exact) mass is 822 g/mol. The molecule has 0 fully saturated rings. The molecular weight excluding hydrogens is 785 g/mol. The van der Waals surface area contributed by atoms with Crippen LogP contribution in [0.2, 0.25) is 0 Å². The van der Waals surface area contributed by atoms with E-state index < -0.39 is 5.97 Å². The van der Waals surface area contributed by atoms with Gasteiger partial charge in [0.15, 0.2) is 0 Å². The van der Waals surface area contributed by atoms with Gasteiger partial charge in [-0.1, -0.05) is 36.4 Å². The molecule has 2 aliphatic rings. The molecule has 17 heteroatoms. The molecule has 0 unspecified atom stereocenters. The molecule has 2 aromatic carbocycles. The number of pyridine rings is 2. The van der Waals surface area contributed by atoms with Crippen LogP contribution in [0.15, 0.2) is 85.7 Å². The van der Waals surface area contributed by atoms with Crippen molar-refractivity contribution in [1.29, 1.82) is 0 Å². The number of hydrogen-bond donors (Lipinski definition) is 4. The van der Waals surface area contributed by atoms with Gasteiger partial charge >= 0.3 is 5.97 Å². The fraction of sp³-hybridized carbons (Fsp3) is 0.190. The number of rotatable bonds is 6. The number of para-hydroxylation sites is 2. The molecule has 8 heterocycles. The Morgan fingerprint density at radius 1 is 0.661 bits per heavy atom. The third kappa shape index (κ3) is 8.72. The van der Waals surface area contributed by atoms with Gasteiger partial charge in [-0.25, -0.2) is 34.7 Å². The Morgan fingerprint density at radius 2 is 1.20 bits per heavy atom. The molecule has 59 heavy (non-hydrogen) atoms. The molecule has 10 rings (SSSR count). The van der Waals surface area contributed by atoms with Crippen molar-refractivity contribution in [2.24, 2.45) is 0 Å². The number of aromatic carboxylic acids is 1. The molecule has 1 amide bonds. The summed E-state index contributed by atoms with van der Waals surface area (Å²) in [5.74, 6) is 0.671. The summed E-state index contributed by atoms with van der Waals surface area (Å²) in [5.41, 5.74) is 9.12. The second-order valence-corrected chi connectivity index (χ2v) is 16.1. The molecular formula is C42H38N12O3S2. The minimum Gasteiger partial charge on any atom is -0.477 e. The highest BCUT2D eigenvalue weighted by Crippen LogP contribution is 2.31. The van der Waals surface area contributed by atoms with Crippen LogP contribution in [0.4, 0.5) is 23.0 Å². The number of carbonyl (C=O) groups excluding carboxylic acids is 1. The normalized spacial score (nSPS) is 12.6. The molecule has 0 saturated carbocycles. The molecule has 0 radical (unpaired) electrons. The number of fused-ring (bicyclic) bond motifs is 4. The van der Waals surface area contributed by atoms with E-state index in [1.807, 2.05) is 68.6 Å². The fourth-order valence-electron chi connectivity index (χ4n) is 6.79. The Morgan fingerprint density at radius 3 is 1.75 bits per heavy atom. The van der Waals surface area contributed by atoms with Gasteiger partial charge in [-0.2, -0.15) is 0 Å². The number of benzene rings is 2. The van der Waals surface area contributed by atoms with Crippen molar-refractivity contribution in [2.75, 3.05) is 10.6 Å². The number of nitrogens with one attached hydrogen (secondary N) is 3. The van der Waals surface area contributed by atoms with Crippen molar-refractivity contribution in [2.45, 2.75) is 53.9 Å². The predicted octanol–water partition coefficient (Wildman–Crippen LogP) is 7.83. The van der Waals surface area contributed by atoms with Crippen LogP contribution >= 0.6 is 22.7 Å². The molecule has 0 saturated heterocycles. The summed E-state index contributed by atoms with van der Waals surface area (Å²) in [5, 5.41) is 22.4. The highest BCUT2D eigenvalue weighted by atomic mass is 32.1. The lowest BCUT2D eigenvalue weighted by Gasteiger charge is -2.14. The SMILES string of the molecule is Cc1nc(C)c(C(=O)N2Cc3ncnc(Nc4cnc5ccccc5c4)c3C2)s1.Cc1nc(C)c(C(=O)O)s1.c1ccc2ncc(Nc3ncnc4c3CNC4)cc2c1. The van der Waals surface area contributed by atoms with Gasteiger partial charge in [0.2, 0.25) is 0 Å². The Labute approximate surface area is 346 Å². The van der Waals surface area contributed by atoms with Gasteiger partial charge in [-0.15, -0.1) is 22.7 Å². The number of amides is 1. The van der Waals surface area contributed by atoms with E-state index in [2.05, 4.69) is 68.0 Å². The summed E-state index contributed by atoms with van der Waals surface area (Å²) in [4.78, 5) is 60.9. The van der Waals surface area contributed by atoms with Crippen molar-refractivity contribution in [3.05, 3.63) is 139 Å². The topological polar surface area (TPSA) is 197 Å². The number of aromatic nitrogens is 8. The largest absolute Gasteiger partial charge is 0.477 e. The second kappa shape index (κ2) is 17.0. The van der Waals surface area contributed by atoms with Crippen LogP contribution in [0.5, 0.6) is 0 Å².